The first-order valence-corrected chi connectivity index (χ1v) is 6.32. The minimum atomic E-state index is 0.763. The molecule has 102 valence electrons. The van der Waals surface area contributed by atoms with Gasteiger partial charge in [-0.25, -0.2) is 0 Å². The molecule has 0 atom stereocenters. The number of benzene rings is 2. The van der Waals surface area contributed by atoms with Crippen LogP contribution in [-0.4, -0.2) is 19.9 Å². The van der Waals surface area contributed by atoms with Gasteiger partial charge in [0.15, 0.2) is 0 Å². The van der Waals surface area contributed by atoms with Crippen LogP contribution in [0.15, 0.2) is 65.8 Å². The molecule has 0 aromatic heterocycles. The van der Waals surface area contributed by atoms with E-state index in [1.54, 1.807) is 14.2 Å². The average Bonchev–Trinajstić information content (AvgIpc) is 2.52. The molecule has 0 unspecified atom stereocenters. The van der Waals surface area contributed by atoms with Gasteiger partial charge in [-0.15, -0.1) is 0 Å². The standard InChI is InChI=1S/C17H17NO2/c1-19-16-11-9-15(10-12-16)17(18-20-2)13-8-14-6-4-3-5-7-14/h3-13H,1-2H3/b13-8+,18-17+. The Morgan fingerprint density at radius 3 is 2.25 bits per heavy atom. The van der Waals surface area contributed by atoms with Gasteiger partial charge in [0.05, 0.1) is 7.11 Å². The first kappa shape index (κ1) is 13.9. The molecule has 0 fully saturated rings. The smallest absolute Gasteiger partial charge is 0.118 e. The van der Waals surface area contributed by atoms with Crippen molar-refractivity contribution in [1.29, 1.82) is 0 Å². The summed E-state index contributed by atoms with van der Waals surface area (Å²) in [5.74, 6) is 0.817. The summed E-state index contributed by atoms with van der Waals surface area (Å²) in [6.45, 7) is 0. The van der Waals surface area contributed by atoms with Crippen molar-refractivity contribution < 1.29 is 9.57 Å². The monoisotopic (exact) mass is 267 g/mol. The Balaban J connectivity index is 2.23. The fourth-order valence-electron chi connectivity index (χ4n) is 1.78. The number of allylic oxidation sites excluding steroid dienone is 1. The minimum Gasteiger partial charge on any atom is -0.497 e. The molecule has 0 aliphatic rings. The molecular formula is C17H17NO2. The molecule has 0 aliphatic carbocycles. The highest BCUT2D eigenvalue weighted by atomic mass is 16.6. The van der Waals surface area contributed by atoms with Gasteiger partial charge in [0.25, 0.3) is 0 Å². The lowest BCUT2D eigenvalue weighted by Crippen LogP contribution is -1.97. The van der Waals surface area contributed by atoms with Crippen LogP contribution in [0.25, 0.3) is 6.08 Å². The molecule has 2 aromatic carbocycles. The van der Waals surface area contributed by atoms with Gasteiger partial charge in [-0.05, 0) is 35.9 Å². The first-order valence-electron chi connectivity index (χ1n) is 6.32. The molecule has 0 radical (unpaired) electrons. The molecule has 0 heterocycles. The van der Waals surface area contributed by atoms with Crippen molar-refractivity contribution in [2.75, 3.05) is 14.2 Å². The number of oxime groups is 1. The minimum absolute atomic E-state index is 0.763. The predicted molar refractivity (Wildman–Crippen MR) is 82.0 cm³/mol. The van der Waals surface area contributed by atoms with E-state index < -0.39 is 0 Å². The highest BCUT2D eigenvalue weighted by molar-refractivity contribution is 6.10. The summed E-state index contributed by atoms with van der Waals surface area (Å²) in [4.78, 5) is 4.91. The molecule has 0 spiro atoms. The van der Waals surface area contributed by atoms with Gasteiger partial charge in [-0.3, -0.25) is 0 Å². The van der Waals surface area contributed by atoms with Crippen molar-refractivity contribution in [2.24, 2.45) is 5.16 Å². The van der Waals surface area contributed by atoms with E-state index in [4.69, 9.17) is 9.57 Å². The number of hydrogen-bond donors (Lipinski definition) is 0. The molecular weight excluding hydrogens is 250 g/mol. The van der Waals surface area contributed by atoms with Gasteiger partial charge in [-0.1, -0.05) is 41.6 Å². The van der Waals surface area contributed by atoms with Crippen molar-refractivity contribution >= 4 is 11.8 Å². The fourth-order valence-corrected chi connectivity index (χ4v) is 1.78. The van der Waals surface area contributed by atoms with Gasteiger partial charge in [0.2, 0.25) is 0 Å². The maximum absolute atomic E-state index is 5.15. The second-order valence-corrected chi connectivity index (χ2v) is 4.13. The number of rotatable bonds is 5. The normalized spacial score (nSPS) is 11.6. The third-order valence-corrected chi connectivity index (χ3v) is 2.81. The second kappa shape index (κ2) is 7.14. The molecule has 3 heteroatoms. The molecule has 0 amide bonds. The summed E-state index contributed by atoms with van der Waals surface area (Å²) in [5, 5.41) is 4.05. The molecule has 0 saturated carbocycles. The quantitative estimate of drug-likeness (QED) is 0.610. The maximum Gasteiger partial charge on any atom is 0.118 e. The van der Waals surface area contributed by atoms with Crippen LogP contribution < -0.4 is 4.74 Å². The van der Waals surface area contributed by atoms with E-state index in [0.29, 0.717) is 0 Å². The average molecular weight is 267 g/mol. The molecule has 2 aromatic rings. The van der Waals surface area contributed by atoms with Crippen LogP contribution in [0.5, 0.6) is 5.75 Å². The van der Waals surface area contributed by atoms with E-state index in [1.807, 2.05) is 66.7 Å². The Kier molecular flexibility index (Phi) is 4.95. The van der Waals surface area contributed by atoms with Crippen LogP contribution in [0, 0.1) is 0 Å². The molecule has 0 bridgehead atoms. The van der Waals surface area contributed by atoms with Crippen molar-refractivity contribution in [2.45, 2.75) is 0 Å². The van der Waals surface area contributed by atoms with Gasteiger partial charge < -0.3 is 9.57 Å². The van der Waals surface area contributed by atoms with Crippen LogP contribution >= 0.6 is 0 Å². The zero-order valence-electron chi connectivity index (χ0n) is 11.6. The molecule has 0 N–H and O–H groups in total. The first-order chi connectivity index (χ1) is 9.83. The van der Waals surface area contributed by atoms with Crippen LogP contribution in [0.4, 0.5) is 0 Å². The Labute approximate surface area is 119 Å². The van der Waals surface area contributed by atoms with E-state index in [0.717, 1.165) is 22.6 Å². The van der Waals surface area contributed by atoms with Gasteiger partial charge in [-0.2, -0.15) is 0 Å². The Hall–Kier alpha value is -2.55. The summed E-state index contributed by atoms with van der Waals surface area (Å²) in [5.41, 5.74) is 2.85. The number of ether oxygens (including phenoxy) is 1. The molecule has 20 heavy (non-hydrogen) atoms. The van der Waals surface area contributed by atoms with Gasteiger partial charge >= 0.3 is 0 Å². The zero-order chi connectivity index (χ0) is 14.2. The third-order valence-electron chi connectivity index (χ3n) is 2.81. The van der Waals surface area contributed by atoms with E-state index in [-0.39, 0.29) is 0 Å². The molecule has 0 aliphatic heterocycles. The van der Waals surface area contributed by atoms with Crippen LogP contribution in [0.1, 0.15) is 11.1 Å². The summed E-state index contributed by atoms with van der Waals surface area (Å²) in [7, 11) is 3.19. The van der Waals surface area contributed by atoms with Gasteiger partial charge in [0.1, 0.15) is 18.6 Å². The van der Waals surface area contributed by atoms with Crippen LogP contribution in [0.2, 0.25) is 0 Å². The molecule has 2 rings (SSSR count). The summed E-state index contributed by atoms with van der Waals surface area (Å²) in [6, 6.07) is 17.8. The highest BCUT2D eigenvalue weighted by Gasteiger charge is 2.01. The van der Waals surface area contributed by atoms with E-state index >= 15 is 0 Å². The largest absolute Gasteiger partial charge is 0.497 e. The fraction of sp³-hybridized carbons (Fsp3) is 0.118. The summed E-state index contributed by atoms with van der Waals surface area (Å²) in [6.07, 6.45) is 3.93. The lowest BCUT2D eigenvalue weighted by Gasteiger charge is -2.03. The molecule has 3 nitrogen and oxygen atoms in total. The predicted octanol–water partition coefficient (Wildman–Crippen LogP) is 3.76. The Bertz CT molecular complexity index is 586. The van der Waals surface area contributed by atoms with Crippen LogP contribution in [0.3, 0.4) is 0 Å². The second-order valence-electron chi connectivity index (χ2n) is 4.13. The highest BCUT2D eigenvalue weighted by Crippen LogP contribution is 2.13. The maximum atomic E-state index is 5.15. The van der Waals surface area contributed by atoms with Crippen molar-refractivity contribution in [3.05, 3.63) is 71.8 Å². The van der Waals surface area contributed by atoms with E-state index in [9.17, 15) is 0 Å². The van der Waals surface area contributed by atoms with Gasteiger partial charge in [0, 0.05) is 5.56 Å². The number of hydrogen-bond acceptors (Lipinski definition) is 3. The molecule has 0 saturated heterocycles. The lowest BCUT2D eigenvalue weighted by molar-refractivity contribution is 0.214. The van der Waals surface area contributed by atoms with Crippen molar-refractivity contribution in [1.82, 2.24) is 0 Å². The summed E-state index contributed by atoms with van der Waals surface area (Å²) >= 11 is 0. The van der Waals surface area contributed by atoms with E-state index in [2.05, 4.69) is 5.16 Å². The number of nitrogens with zero attached hydrogens (tertiary/aromatic N) is 1. The third kappa shape index (κ3) is 3.72. The Morgan fingerprint density at radius 2 is 1.65 bits per heavy atom. The van der Waals surface area contributed by atoms with E-state index in [1.165, 1.54) is 0 Å². The Morgan fingerprint density at radius 1 is 0.950 bits per heavy atom. The number of methoxy groups -OCH3 is 1. The van der Waals surface area contributed by atoms with Crippen LogP contribution in [-0.2, 0) is 4.84 Å². The zero-order valence-corrected chi connectivity index (χ0v) is 11.6. The van der Waals surface area contributed by atoms with Crippen molar-refractivity contribution in [3.8, 4) is 5.75 Å². The topological polar surface area (TPSA) is 30.8 Å². The van der Waals surface area contributed by atoms with Crippen molar-refractivity contribution in [3.63, 3.8) is 0 Å². The lowest BCUT2D eigenvalue weighted by atomic mass is 10.1. The summed E-state index contributed by atoms with van der Waals surface area (Å²) < 4.78 is 5.15. The SMILES string of the molecule is CO/N=C(\C=C\c1ccccc1)c1ccc(OC)cc1.